The fourth-order valence-electron chi connectivity index (χ4n) is 10.3. The first-order valence-electron chi connectivity index (χ1n) is 20.3. The van der Waals surface area contributed by atoms with Crippen LogP contribution < -0.4 is 4.90 Å². The number of fused-ring (bicyclic) bond motifs is 12. The molecule has 1 aliphatic carbocycles. The van der Waals surface area contributed by atoms with Crippen molar-refractivity contribution in [3.63, 3.8) is 0 Å². The minimum Gasteiger partial charge on any atom is -0.310 e. The van der Waals surface area contributed by atoms with E-state index in [1.807, 2.05) is 6.92 Å². The predicted molar refractivity (Wildman–Crippen MR) is 242 cm³/mol. The van der Waals surface area contributed by atoms with E-state index in [1.165, 1.54) is 44.2 Å². The lowest BCUT2D eigenvalue weighted by Gasteiger charge is -2.45. The molecule has 4 nitrogen and oxygen atoms in total. The summed E-state index contributed by atoms with van der Waals surface area (Å²) >= 11 is 0. The summed E-state index contributed by atoms with van der Waals surface area (Å²) in [6, 6.07) is 71.0. The third kappa shape index (κ3) is 4.71. The van der Waals surface area contributed by atoms with Crippen molar-refractivity contribution in [1.29, 1.82) is 0 Å². The maximum Gasteiger partial charge on any atom is 0.126 e. The molecule has 3 heterocycles. The first-order valence-corrected chi connectivity index (χ1v) is 20.3. The van der Waals surface area contributed by atoms with Crippen LogP contribution in [0, 0.1) is 13.8 Å². The molecular formula is C55H38N4. The molecule has 0 saturated carbocycles. The molecular weight excluding hydrogens is 717 g/mol. The summed E-state index contributed by atoms with van der Waals surface area (Å²) in [5.41, 5.74) is 19.1. The van der Waals surface area contributed by atoms with Gasteiger partial charge in [0.1, 0.15) is 5.82 Å². The highest BCUT2D eigenvalue weighted by atomic mass is 15.2. The second kappa shape index (κ2) is 12.7. The lowest BCUT2D eigenvalue weighted by atomic mass is 9.64. The summed E-state index contributed by atoms with van der Waals surface area (Å²) in [4.78, 5) is 12.7. The summed E-state index contributed by atoms with van der Waals surface area (Å²) in [5.74, 6) is 0.738. The molecule has 0 N–H and O–H groups in total. The molecule has 4 heteroatoms. The van der Waals surface area contributed by atoms with Crippen LogP contribution in [0.4, 0.5) is 17.1 Å². The van der Waals surface area contributed by atoms with E-state index in [4.69, 9.17) is 9.97 Å². The number of benzene rings is 8. The predicted octanol–water partition coefficient (Wildman–Crippen LogP) is 13.7. The van der Waals surface area contributed by atoms with Gasteiger partial charge in [0.2, 0.25) is 0 Å². The van der Waals surface area contributed by atoms with Gasteiger partial charge in [-0.25, -0.2) is 9.97 Å². The molecule has 1 aliphatic heterocycles. The number of rotatable bonds is 4. The zero-order valence-electron chi connectivity index (χ0n) is 32.8. The molecule has 8 aromatic carbocycles. The molecule has 0 bridgehead atoms. The van der Waals surface area contributed by atoms with E-state index in [0.717, 1.165) is 67.7 Å². The maximum absolute atomic E-state index is 5.22. The van der Waals surface area contributed by atoms with Gasteiger partial charge >= 0.3 is 0 Å². The average Bonchev–Trinajstić information content (AvgIpc) is 3.78. The Labute approximate surface area is 343 Å². The van der Waals surface area contributed by atoms with Crippen LogP contribution in [0.3, 0.4) is 0 Å². The molecule has 0 fully saturated rings. The van der Waals surface area contributed by atoms with Crippen molar-refractivity contribution in [2.75, 3.05) is 4.90 Å². The molecule has 1 spiro atoms. The number of aromatic nitrogens is 3. The van der Waals surface area contributed by atoms with Gasteiger partial charge in [0, 0.05) is 38.8 Å². The van der Waals surface area contributed by atoms with Crippen molar-refractivity contribution in [1.82, 2.24) is 14.5 Å². The number of para-hydroxylation sites is 4. The molecule has 278 valence electrons. The van der Waals surface area contributed by atoms with Gasteiger partial charge in [-0.15, -0.1) is 0 Å². The molecule has 59 heavy (non-hydrogen) atoms. The van der Waals surface area contributed by atoms with E-state index in [9.17, 15) is 0 Å². The second-order valence-corrected chi connectivity index (χ2v) is 15.8. The third-order valence-corrected chi connectivity index (χ3v) is 12.6. The summed E-state index contributed by atoms with van der Waals surface area (Å²) in [5, 5.41) is 2.45. The first-order chi connectivity index (χ1) is 29.1. The Balaban J connectivity index is 1.18. The Hall–Kier alpha value is -7.56. The quantitative estimate of drug-likeness (QED) is 0.179. The fraction of sp³-hybridized carbons (Fsp3) is 0.0545. The van der Waals surface area contributed by atoms with Crippen molar-refractivity contribution < 1.29 is 0 Å². The Morgan fingerprint density at radius 1 is 0.407 bits per heavy atom. The average molecular weight is 755 g/mol. The maximum atomic E-state index is 5.22. The van der Waals surface area contributed by atoms with Crippen LogP contribution in [-0.4, -0.2) is 14.5 Å². The number of nitrogens with zero attached hydrogens (tertiary/aromatic N) is 4. The molecule has 0 amide bonds. The highest BCUT2D eigenvalue weighted by Crippen LogP contribution is 2.63. The molecule has 0 atom stereocenters. The van der Waals surface area contributed by atoms with Crippen molar-refractivity contribution >= 4 is 38.9 Å². The molecule has 0 radical (unpaired) electrons. The zero-order chi connectivity index (χ0) is 39.2. The third-order valence-electron chi connectivity index (χ3n) is 12.6. The molecule has 2 aliphatic rings. The van der Waals surface area contributed by atoms with Crippen molar-refractivity contribution in [2.24, 2.45) is 0 Å². The van der Waals surface area contributed by atoms with Gasteiger partial charge < -0.3 is 9.47 Å². The van der Waals surface area contributed by atoms with E-state index in [-0.39, 0.29) is 0 Å². The summed E-state index contributed by atoms with van der Waals surface area (Å²) in [7, 11) is 0. The lowest BCUT2D eigenvalue weighted by Crippen LogP contribution is -2.36. The topological polar surface area (TPSA) is 34.0 Å². The van der Waals surface area contributed by atoms with Crippen LogP contribution in [0.25, 0.3) is 61.1 Å². The van der Waals surface area contributed by atoms with Crippen LogP contribution in [0.5, 0.6) is 0 Å². The van der Waals surface area contributed by atoms with Crippen molar-refractivity contribution in [3.05, 3.63) is 228 Å². The SMILES string of the molecule is Cc1nc(-c2ccccc2)c(C)c(-c2cc(N3c4ccccc4C4(c5ccccc5-c5ccccc54)c4ccccc43)cc(-n3c4ccccc4c4ccccc43)c2)n1. The van der Waals surface area contributed by atoms with E-state index in [2.05, 4.69) is 211 Å². The molecule has 0 saturated heterocycles. The van der Waals surface area contributed by atoms with Gasteiger partial charge in [-0.2, -0.15) is 0 Å². The Kier molecular flexibility index (Phi) is 7.24. The highest BCUT2D eigenvalue weighted by molar-refractivity contribution is 6.09. The fourth-order valence-corrected chi connectivity index (χ4v) is 10.3. The van der Waals surface area contributed by atoms with Crippen molar-refractivity contribution in [2.45, 2.75) is 19.3 Å². The summed E-state index contributed by atoms with van der Waals surface area (Å²) in [6.45, 7) is 4.16. The van der Waals surface area contributed by atoms with Gasteiger partial charge in [0.15, 0.2) is 0 Å². The van der Waals surface area contributed by atoms with E-state index < -0.39 is 5.41 Å². The minimum absolute atomic E-state index is 0.491. The van der Waals surface area contributed by atoms with Gasteiger partial charge in [-0.05, 0) is 89.7 Å². The van der Waals surface area contributed by atoms with Crippen LogP contribution in [0.2, 0.25) is 0 Å². The van der Waals surface area contributed by atoms with Gasteiger partial charge in [0.05, 0.1) is 39.2 Å². The number of anilines is 3. The minimum atomic E-state index is -0.491. The van der Waals surface area contributed by atoms with Gasteiger partial charge in [-0.3, -0.25) is 0 Å². The van der Waals surface area contributed by atoms with Crippen LogP contribution in [-0.2, 0) is 5.41 Å². The van der Waals surface area contributed by atoms with Crippen molar-refractivity contribution in [3.8, 4) is 39.3 Å². The van der Waals surface area contributed by atoms with Crippen LogP contribution >= 0.6 is 0 Å². The first kappa shape index (κ1) is 33.6. The van der Waals surface area contributed by atoms with E-state index >= 15 is 0 Å². The van der Waals surface area contributed by atoms with Crippen LogP contribution in [0.1, 0.15) is 33.6 Å². The monoisotopic (exact) mass is 754 g/mol. The summed E-state index contributed by atoms with van der Waals surface area (Å²) in [6.07, 6.45) is 0. The highest BCUT2D eigenvalue weighted by Gasteiger charge is 2.51. The zero-order valence-corrected chi connectivity index (χ0v) is 32.8. The van der Waals surface area contributed by atoms with Gasteiger partial charge in [0.25, 0.3) is 0 Å². The second-order valence-electron chi connectivity index (χ2n) is 15.8. The molecule has 10 aromatic rings. The largest absolute Gasteiger partial charge is 0.310 e. The Morgan fingerprint density at radius 2 is 0.864 bits per heavy atom. The standard InChI is InChI=1S/C55H38N4/c1-35-53(37-18-4-3-5-19-37)56-36(2)57-54(35)38-32-39(58-49-28-14-8-22-43(49)44-23-9-15-29-50(44)58)34-40(33-38)59-51-30-16-12-26-47(51)55(48-27-13-17-31-52(48)59)45-24-10-6-20-41(45)42-21-7-11-25-46(42)55/h3-34H,1-2H3. The summed E-state index contributed by atoms with van der Waals surface area (Å²) < 4.78 is 2.42. The van der Waals surface area contributed by atoms with E-state index in [1.54, 1.807) is 0 Å². The number of hydrogen-bond donors (Lipinski definition) is 0. The molecule has 2 aromatic heterocycles. The lowest BCUT2D eigenvalue weighted by molar-refractivity contribution is 0.752. The molecule has 12 rings (SSSR count). The Bertz CT molecular complexity index is 3170. The Morgan fingerprint density at radius 3 is 1.46 bits per heavy atom. The normalized spacial score (nSPS) is 13.4. The number of hydrogen-bond acceptors (Lipinski definition) is 3. The number of aryl methyl sites for hydroxylation is 1. The smallest absolute Gasteiger partial charge is 0.126 e. The van der Waals surface area contributed by atoms with Gasteiger partial charge in [-0.1, -0.05) is 152 Å². The van der Waals surface area contributed by atoms with E-state index in [0.29, 0.717) is 0 Å². The van der Waals surface area contributed by atoms with Crippen LogP contribution in [0.15, 0.2) is 194 Å². The molecule has 0 unspecified atom stereocenters.